The van der Waals surface area contributed by atoms with Gasteiger partial charge in [0.1, 0.15) is 0 Å². The molecule has 0 aromatic heterocycles. The van der Waals surface area contributed by atoms with Gasteiger partial charge in [0.25, 0.3) is 0 Å². The maximum Gasteiger partial charge on any atom is 0.244 e. The lowest BCUT2D eigenvalue weighted by Gasteiger charge is -2.09. The van der Waals surface area contributed by atoms with E-state index in [0.29, 0.717) is 17.4 Å². The number of ether oxygens (including phenoxy) is 2. The minimum atomic E-state index is -0.192. The highest BCUT2D eigenvalue weighted by Gasteiger charge is 2.07. The largest absolute Gasteiger partial charge is 0.493 e. The summed E-state index contributed by atoms with van der Waals surface area (Å²) in [7, 11) is 3.14. The Balaban J connectivity index is 1.92. The molecule has 2 aromatic carbocycles. The standard InChI is InChI=1S/C20H24N2O3/c1-14(2)17-8-5-15(6-9-17)13-21-22-20(23)12-16-7-10-18(24-3)19(11-16)25-4/h5-11,13-14H,12H2,1-4H3,(H,22,23)/b21-13-. The Hall–Kier alpha value is -2.82. The van der Waals surface area contributed by atoms with Crippen molar-refractivity contribution in [2.24, 2.45) is 5.10 Å². The lowest BCUT2D eigenvalue weighted by atomic mass is 10.0. The molecule has 5 heteroatoms. The Kier molecular flexibility index (Phi) is 6.57. The zero-order chi connectivity index (χ0) is 18.2. The molecule has 0 aliphatic carbocycles. The Morgan fingerprint density at radius 1 is 1.08 bits per heavy atom. The van der Waals surface area contributed by atoms with Gasteiger partial charge in [-0.05, 0) is 34.7 Å². The third kappa shape index (κ3) is 5.35. The van der Waals surface area contributed by atoms with Crippen LogP contribution in [0.5, 0.6) is 11.5 Å². The molecule has 2 rings (SSSR count). The number of carbonyl (C=O) groups excluding carboxylic acids is 1. The van der Waals surface area contributed by atoms with E-state index >= 15 is 0 Å². The normalized spacial score (nSPS) is 10.9. The maximum atomic E-state index is 12.0. The molecular weight excluding hydrogens is 316 g/mol. The van der Waals surface area contributed by atoms with Gasteiger partial charge in [0.15, 0.2) is 11.5 Å². The molecule has 0 fully saturated rings. The fourth-order valence-electron chi connectivity index (χ4n) is 2.36. The van der Waals surface area contributed by atoms with Crippen molar-refractivity contribution in [2.45, 2.75) is 26.2 Å². The summed E-state index contributed by atoms with van der Waals surface area (Å²) in [5.41, 5.74) is 5.58. The highest BCUT2D eigenvalue weighted by molar-refractivity contribution is 5.83. The molecule has 0 aliphatic rings. The van der Waals surface area contributed by atoms with Crippen LogP contribution in [0.4, 0.5) is 0 Å². The Morgan fingerprint density at radius 3 is 2.36 bits per heavy atom. The molecule has 0 saturated carbocycles. The summed E-state index contributed by atoms with van der Waals surface area (Å²) < 4.78 is 10.4. The molecule has 0 unspecified atom stereocenters. The van der Waals surface area contributed by atoms with Crippen LogP contribution in [0.3, 0.4) is 0 Å². The van der Waals surface area contributed by atoms with Crippen LogP contribution in [-0.2, 0) is 11.2 Å². The average Bonchev–Trinajstić information content (AvgIpc) is 2.62. The van der Waals surface area contributed by atoms with E-state index in [4.69, 9.17) is 9.47 Å². The second-order valence-corrected chi connectivity index (χ2v) is 5.98. The van der Waals surface area contributed by atoms with E-state index in [2.05, 4.69) is 36.5 Å². The van der Waals surface area contributed by atoms with Crippen LogP contribution in [0.25, 0.3) is 0 Å². The Morgan fingerprint density at radius 2 is 1.76 bits per heavy atom. The van der Waals surface area contributed by atoms with Gasteiger partial charge in [-0.25, -0.2) is 5.43 Å². The van der Waals surface area contributed by atoms with Crippen molar-refractivity contribution in [3.05, 3.63) is 59.2 Å². The van der Waals surface area contributed by atoms with E-state index in [9.17, 15) is 4.79 Å². The molecule has 2 aromatic rings. The van der Waals surface area contributed by atoms with E-state index in [1.165, 1.54) is 5.56 Å². The van der Waals surface area contributed by atoms with Crippen LogP contribution in [0.1, 0.15) is 36.5 Å². The number of hydrogen-bond acceptors (Lipinski definition) is 4. The number of hydrazone groups is 1. The van der Waals surface area contributed by atoms with Gasteiger partial charge in [0, 0.05) is 0 Å². The Labute approximate surface area is 148 Å². The number of rotatable bonds is 7. The quantitative estimate of drug-likeness (QED) is 0.620. The third-order valence-electron chi connectivity index (χ3n) is 3.82. The van der Waals surface area contributed by atoms with Crippen LogP contribution in [0.15, 0.2) is 47.6 Å². The number of nitrogens with zero attached hydrogens (tertiary/aromatic N) is 1. The lowest BCUT2D eigenvalue weighted by molar-refractivity contribution is -0.120. The molecule has 0 aliphatic heterocycles. The fraction of sp³-hybridized carbons (Fsp3) is 0.300. The van der Waals surface area contributed by atoms with Gasteiger partial charge < -0.3 is 9.47 Å². The third-order valence-corrected chi connectivity index (χ3v) is 3.82. The maximum absolute atomic E-state index is 12.0. The first-order valence-electron chi connectivity index (χ1n) is 8.16. The first kappa shape index (κ1) is 18.5. The highest BCUT2D eigenvalue weighted by Crippen LogP contribution is 2.27. The molecule has 1 N–H and O–H groups in total. The number of carbonyl (C=O) groups is 1. The van der Waals surface area contributed by atoms with Gasteiger partial charge in [-0.3, -0.25) is 4.79 Å². The van der Waals surface area contributed by atoms with E-state index < -0.39 is 0 Å². The summed E-state index contributed by atoms with van der Waals surface area (Å²) in [5, 5.41) is 4.01. The molecule has 1 amide bonds. The minimum absolute atomic E-state index is 0.192. The summed E-state index contributed by atoms with van der Waals surface area (Å²) in [4.78, 5) is 12.0. The van der Waals surface area contributed by atoms with Crippen LogP contribution >= 0.6 is 0 Å². The first-order chi connectivity index (χ1) is 12.0. The van der Waals surface area contributed by atoms with Gasteiger partial charge in [-0.2, -0.15) is 5.10 Å². The predicted octanol–water partition coefficient (Wildman–Crippen LogP) is 3.52. The topological polar surface area (TPSA) is 59.9 Å². The van der Waals surface area contributed by atoms with Crippen molar-refractivity contribution in [1.29, 1.82) is 0 Å². The molecule has 0 spiro atoms. The monoisotopic (exact) mass is 340 g/mol. The molecule has 25 heavy (non-hydrogen) atoms. The number of nitrogens with one attached hydrogen (secondary N) is 1. The van der Waals surface area contributed by atoms with E-state index in [-0.39, 0.29) is 12.3 Å². The smallest absolute Gasteiger partial charge is 0.244 e. The van der Waals surface area contributed by atoms with Gasteiger partial charge in [0.2, 0.25) is 5.91 Å². The summed E-state index contributed by atoms with van der Waals surface area (Å²) in [6.07, 6.45) is 1.85. The van der Waals surface area contributed by atoms with Crippen molar-refractivity contribution in [3.63, 3.8) is 0 Å². The number of benzene rings is 2. The molecular formula is C20H24N2O3. The van der Waals surface area contributed by atoms with Gasteiger partial charge in [-0.15, -0.1) is 0 Å². The summed E-state index contributed by atoms with van der Waals surface area (Å²) >= 11 is 0. The highest BCUT2D eigenvalue weighted by atomic mass is 16.5. The second-order valence-electron chi connectivity index (χ2n) is 5.98. The summed E-state index contributed by atoms with van der Waals surface area (Å²) in [5.74, 6) is 1.53. The number of methoxy groups -OCH3 is 2. The molecule has 0 heterocycles. The molecule has 0 atom stereocenters. The molecule has 5 nitrogen and oxygen atoms in total. The summed E-state index contributed by atoms with van der Waals surface area (Å²) in [6.45, 7) is 4.30. The average molecular weight is 340 g/mol. The lowest BCUT2D eigenvalue weighted by Crippen LogP contribution is -2.19. The fourth-order valence-corrected chi connectivity index (χ4v) is 2.36. The minimum Gasteiger partial charge on any atom is -0.493 e. The van der Waals surface area contributed by atoms with Crippen molar-refractivity contribution >= 4 is 12.1 Å². The van der Waals surface area contributed by atoms with E-state index in [1.54, 1.807) is 32.6 Å². The number of hydrogen-bond donors (Lipinski definition) is 1. The zero-order valence-electron chi connectivity index (χ0n) is 15.1. The van der Waals surface area contributed by atoms with Crippen molar-refractivity contribution < 1.29 is 14.3 Å². The molecule has 0 saturated heterocycles. The zero-order valence-corrected chi connectivity index (χ0v) is 15.1. The van der Waals surface area contributed by atoms with Crippen LogP contribution < -0.4 is 14.9 Å². The number of amides is 1. The van der Waals surface area contributed by atoms with Crippen molar-refractivity contribution in [3.8, 4) is 11.5 Å². The molecule has 0 radical (unpaired) electrons. The molecule has 132 valence electrons. The van der Waals surface area contributed by atoms with Crippen molar-refractivity contribution in [1.82, 2.24) is 5.43 Å². The molecule has 0 bridgehead atoms. The van der Waals surface area contributed by atoms with E-state index in [1.807, 2.05) is 18.2 Å². The second kappa shape index (κ2) is 8.87. The van der Waals surface area contributed by atoms with E-state index in [0.717, 1.165) is 11.1 Å². The van der Waals surface area contributed by atoms with Crippen LogP contribution in [0.2, 0.25) is 0 Å². The van der Waals surface area contributed by atoms with Crippen molar-refractivity contribution in [2.75, 3.05) is 14.2 Å². The summed E-state index contributed by atoms with van der Waals surface area (Å²) in [6, 6.07) is 13.5. The van der Waals surface area contributed by atoms with Crippen LogP contribution in [0, 0.1) is 0 Å². The van der Waals surface area contributed by atoms with Gasteiger partial charge >= 0.3 is 0 Å². The Bertz CT molecular complexity index is 737. The van der Waals surface area contributed by atoms with Gasteiger partial charge in [0.05, 0.1) is 26.9 Å². The first-order valence-corrected chi connectivity index (χ1v) is 8.16. The SMILES string of the molecule is COc1ccc(CC(=O)N/N=C\c2ccc(C(C)C)cc2)cc1OC. The van der Waals surface area contributed by atoms with Gasteiger partial charge in [-0.1, -0.05) is 44.2 Å². The predicted molar refractivity (Wildman–Crippen MR) is 99.5 cm³/mol. The van der Waals surface area contributed by atoms with Crippen LogP contribution in [-0.4, -0.2) is 26.3 Å².